The normalized spacial score (nSPS) is 12.2. The zero-order valence-electron chi connectivity index (χ0n) is 11.1. The minimum absolute atomic E-state index is 0.107. The largest absolute Gasteiger partial charge is 0.383 e. The lowest BCUT2D eigenvalue weighted by molar-refractivity contribution is -0.384. The van der Waals surface area contributed by atoms with Crippen LogP contribution in [0, 0.1) is 17.0 Å². The molecule has 0 fully saturated rings. The molecule has 0 aliphatic heterocycles. The van der Waals surface area contributed by atoms with Crippen molar-refractivity contribution in [3.8, 4) is 0 Å². The van der Waals surface area contributed by atoms with E-state index < -0.39 is 0 Å². The van der Waals surface area contributed by atoms with Gasteiger partial charge in [-0.2, -0.15) is 0 Å². The molecular weight excluding hydrogens is 232 g/mol. The second-order valence-electron chi connectivity index (χ2n) is 4.34. The number of hydrogen-bond donors (Lipinski definition) is 1. The quantitative estimate of drug-likeness (QED) is 0.598. The van der Waals surface area contributed by atoms with Gasteiger partial charge in [0.25, 0.3) is 5.69 Å². The third-order valence-electron chi connectivity index (χ3n) is 2.80. The van der Waals surface area contributed by atoms with E-state index in [0.29, 0.717) is 6.61 Å². The van der Waals surface area contributed by atoms with E-state index in [-0.39, 0.29) is 16.7 Å². The van der Waals surface area contributed by atoms with Crippen molar-refractivity contribution in [1.29, 1.82) is 0 Å². The zero-order chi connectivity index (χ0) is 13.5. The summed E-state index contributed by atoms with van der Waals surface area (Å²) in [6, 6.07) is 5.04. The highest BCUT2D eigenvalue weighted by molar-refractivity contribution is 5.57. The summed E-state index contributed by atoms with van der Waals surface area (Å²) < 4.78 is 5.15. The maximum atomic E-state index is 10.8. The third kappa shape index (κ3) is 4.00. The van der Waals surface area contributed by atoms with Crippen molar-refractivity contribution < 1.29 is 9.66 Å². The van der Waals surface area contributed by atoms with Gasteiger partial charge in [-0.15, -0.1) is 0 Å². The maximum absolute atomic E-state index is 10.8. The van der Waals surface area contributed by atoms with Crippen LogP contribution in [0.4, 0.5) is 11.4 Å². The average molecular weight is 252 g/mol. The maximum Gasteiger partial charge on any atom is 0.271 e. The summed E-state index contributed by atoms with van der Waals surface area (Å²) in [6.07, 6.45) is 2.00. The van der Waals surface area contributed by atoms with Crippen LogP contribution in [-0.4, -0.2) is 24.7 Å². The van der Waals surface area contributed by atoms with Gasteiger partial charge in [-0.1, -0.05) is 19.4 Å². The minimum Gasteiger partial charge on any atom is -0.383 e. The molecule has 0 aliphatic rings. The molecule has 0 radical (unpaired) electrons. The summed E-state index contributed by atoms with van der Waals surface area (Å²) in [7, 11) is 1.66. The number of ether oxygens (including phenoxy) is 1. The molecule has 0 heterocycles. The Labute approximate surface area is 107 Å². The van der Waals surface area contributed by atoms with Crippen molar-refractivity contribution in [3.05, 3.63) is 33.9 Å². The Morgan fingerprint density at radius 3 is 2.78 bits per heavy atom. The molecule has 18 heavy (non-hydrogen) atoms. The first kappa shape index (κ1) is 14.4. The molecule has 5 heteroatoms. The van der Waals surface area contributed by atoms with Crippen LogP contribution in [0.15, 0.2) is 18.2 Å². The molecule has 0 aromatic heterocycles. The lowest BCUT2D eigenvalue weighted by atomic mass is 10.1. The zero-order valence-corrected chi connectivity index (χ0v) is 11.1. The van der Waals surface area contributed by atoms with E-state index >= 15 is 0 Å². The number of aryl methyl sites for hydroxylation is 1. The van der Waals surface area contributed by atoms with Crippen LogP contribution in [0.1, 0.15) is 25.3 Å². The van der Waals surface area contributed by atoms with Gasteiger partial charge in [0.15, 0.2) is 0 Å². The summed E-state index contributed by atoms with van der Waals surface area (Å²) >= 11 is 0. The smallest absolute Gasteiger partial charge is 0.271 e. The fourth-order valence-electron chi connectivity index (χ4n) is 1.85. The molecule has 0 bridgehead atoms. The van der Waals surface area contributed by atoms with Crippen molar-refractivity contribution in [2.45, 2.75) is 32.7 Å². The molecule has 0 saturated heterocycles. The van der Waals surface area contributed by atoms with E-state index in [1.54, 1.807) is 19.2 Å². The SMILES string of the molecule is CCCC(COC)Nc1cc([N+](=O)[O-])ccc1C. The molecular formula is C13H20N2O3. The first-order valence-corrected chi connectivity index (χ1v) is 6.09. The van der Waals surface area contributed by atoms with Crippen LogP contribution in [0.25, 0.3) is 0 Å². The molecule has 1 aromatic carbocycles. The number of nitrogens with zero attached hydrogens (tertiary/aromatic N) is 1. The topological polar surface area (TPSA) is 64.4 Å². The number of methoxy groups -OCH3 is 1. The highest BCUT2D eigenvalue weighted by Gasteiger charge is 2.12. The van der Waals surface area contributed by atoms with Crippen LogP contribution in [0.3, 0.4) is 0 Å². The van der Waals surface area contributed by atoms with E-state index in [1.165, 1.54) is 6.07 Å². The minimum atomic E-state index is -0.379. The molecule has 0 saturated carbocycles. The Kier molecular flexibility index (Phi) is 5.58. The van der Waals surface area contributed by atoms with E-state index in [2.05, 4.69) is 12.2 Å². The van der Waals surface area contributed by atoms with E-state index in [1.807, 2.05) is 6.92 Å². The van der Waals surface area contributed by atoms with Crippen LogP contribution in [0.2, 0.25) is 0 Å². The summed E-state index contributed by atoms with van der Waals surface area (Å²) in [5.74, 6) is 0. The van der Waals surface area contributed by atoms with Gasteiger partial charge in [0.05, 0.1) is 11.5 Å². The van der Waals surface area contributed by atoms with Gasteiger partial charge in [-0.05, 0) is 18.9 Å². The lowest BCUT2D eigenvalue weighted by Crippen LogP contribution is -2.25. The third-order valence-corrected chi connectivity index (χ3v) is 2.80. The number of benzene rings is 1. The van der Waals surface area contributed by atoms with Crippen molar-refractivity contribution in [2.24, 2.45) is 0 Å². The number of nitro groups is 1. The molecule has 1 N–H and O–H groups in total. The molecule has 0 amide bonds. The van der Waals surface area contributed by atoms with Gasteiger partial charge >= 0.3 is 0 Å². The van der Waals surface area contributed by atoms with Crippen LogP contribution >= 0.6 is 0 Å². The Morgan fingerprint density at radius 1 is 1.50 bits per heavy atom. The molecule has 5 nitrogen and oxygen atoms in total. The molecule has 0 aliphatic carbocycles. The fourth-order valence-corrected chi connectivity index (χ4v) is 1.85. The first-order valence-electron chi connectivity index (χ1n) is 6.09. The average Bonchev–Trinajstić information content (AvgIpc) is 2.32. The lowest BCUT2D eigenvalue weighted by Gasteiger charge is -2.19. The van der Waals surface area contributed by atoms with Crippen LogP contribution < -0.4 is 5.32 Å². The van der Waals surface area contributed by atoms with Crippen LogP contribution in [-0.2, 0) is 4.74 Å². The Balaban J connectivity index is 2.86. The van der Waals surface area contributed by atoms with Crippen molar-refractivity contribution in [1.82, 2.24) is 0 Å². The monoisotopic (exact) mass is 252 g/mol. The van der Waals surface area contributed by atoms with Gasteiger partial charge in [0.1, 0.15) is 0 Å². The Hall–Kier alpha value is -1.62. The van der Waals surface area contributed by atoms with Gasteiger partial charge in [0.2, 0.25) is 0 Å². The van der Waals surface area contributed by atoms with E-state index in [0.717, 1.165) is 24.1 Å². The molecule has 1 rings (SSSR count). The van der Waals surface area contributed by atoms with E-state index in [4.69, 9.17) is 4.74 Å². The molecule has 1 aromatic rings. The summed E-state index contributed by atoms with van der Waals surface area (Å²) in [5.41, 5.74) is 1.91. The summed E-state index contributed by atoms with van der Waals surface area (Å²) in [4.78, 5) is 10.4. The predicted molar refractivity (Wildman–Crippen MR) is 72.0 cm³/mol. The number of rotatable bonds is 7. The van der Waals surface area contributed by atoms with Crippen LogP contribution in [0.5, 0.6) is 0 Å². The standard InChI is InChI=1S/C13H20N2O3/c1-4-5-11(9-18-3)14-13-8-12(15(16)17)7-6-10(13)2/h6-8,11,14H,4-5,9H2,1-3H3. The van der Waals surface area contributed by atoms with Gasteiger partial charge in [0, 0.05) is 31.0 Å². The second-order valence-corrected chi connectivity index (χ2v) is 4.34. The van der Waals surface area contributed by atoms with Crippen molar-refractivity contribution >= 4 is 11.4 Å². The summed E-state index contributed by atoms with van der Waals surface area (Å²) in [5, 5.41) is 14.1. The number of non-ortho nitro benzene ring substituents is 1. The van der Waals surface area contributed by atoms with Gasteiger partial charge < -0.3 is 10.1 Å². The van der Waals surface area contributed by atoms with Gasteiger partial charge in [-0.3, -0.25) is 10.1 Å². The molecule has 0 spiro atoms. The Morgan fingerprint density at radius 2 is 2.22 bits per heavy atom. The predicted octanol–water partition coefficient (Wildman–Crippen LogP) is 3.13. The Bertz CT molecular complexity index is 401. The van der Waals surface area contributed by atoms with Crippen molar-refractivity contribution in [2.75, 3.05) is 19.0 Å². The molecule has 1 unspecified atom stereocenters. The first-order chi connectivity index (χ1) is 8.58. The van der Waals surface area contributed by atoms with Gasteiger partial charge in [-0.25, -0.2) is 0 Å². The highest BCUT2D eigenvalue weighted by atomic mass is 16.6. The number of anilines is 1. The fraction of sp³-hybridized carbons (Fsp3) is 0.538. The molecule has 100 valence electrons. The number of nitrogens with one attached hydrogen (secondary N) is 1. The molecule has 1 atom stereocenters. The number of nitro benzene ring substituents is 1. The second kappa shape index (κ2) is 6.96. The van der Waals surface area contributed by atoms with Crippen molar-refractivity contribution in [3.63, 3.8) is 0 Å². The van der Waals surface area contributed by atoms with E-state index in [9.17, 15) is 10.1 Å². The summed E-state index contributed by atoms with van der Waals surface area (Å²) in [6.45, 7) is 4.63. The highest BCUT2D eigenvalue weighted by Crippen LogP contribution is 2.23. The number of hydrogen-bond acceptors (Lipinski definition) is 4.